The molecule has 0 radical (unpaired) electrons. The first kappa shape index (κ1) is 23.1. The van der Waals surface area contributed by atoms with Gasteiger partial charge in [0, 0.05) is 30.5 Å². The van der Waals surface area contributed by atoms with Crippen molar-refractivity contribution in [3.63, 3.8) is 0 Å². The molecule has 0 aliphatic heterocycles. The molecule has 0 bridgehead atoms. The Morgan fingerprint density at radius 3 is 2.58 bits per heavy atom. The summed E-state index contributed by atoms with van der Waals surface area (Å²) in [4.78, 5) is 16.0. The van der Waals surface area contributed by atoms with Crippen molar-refractivity contribution in [3.8, 4) is 11.1 Å². The monoisotopic (exact) mass is 477 g/mol. The topological polar surface area (TPSA) is 82.7 Å². The lowest BCUT2D eigenvalue weighted by Gasteiger charge is -2.29. The maximum Gasteiger partial charge on any atom is 0.417 e. The molecule has 1 fully saturated rings. The molecule has 10 heteroatoms. The summed E-state index contributed by atoms with van der Waals surface area (Å²) in [5, 5.41) is 13.2. The molecular weight excluding hydrogens is 455 g/mol. The van der Waals surface area contributed by atoms with Gasteiger partial charge in [0.2, 0.25) is 0 Å². The van der Waals surface area contributed by atoms with E-state index in [1.807, 2.05) is 36.5 Å². The van der Waals surface area contributed by atoms with Crippen molar-refractivity contribution in [1.29, 1.82) is 0 Å². The number of aromatic amines is 1. The molecule has 2 heterocycles. The Balaban J connectivity index is 1.29. The van der Waals surface area contributed by atoms with E-state index in [4.69, 9.17) is 11.6 Å². The number of hydrogen-bond donors (Lipinski definition) is 3. The number of anilines is 1. The largest absolute Gasteiger partial charge is 0.417 e. The summed E-state index contributed by atoms with van der Waals surface area (Å²) < 4.78 is 38.8. The van der Waals surface area contributed by atoms with Crippen LogP contribution in [0.2, 0.25) is 5.15 Å². The Hall–Kier alpha value is -3.07. The second-order valence-corrected chi connectivity index (χ2v) is 8.50. The number of halogens is 4. The third kappa shape index (κ3) is 5.65. The number of H-pyrrole nitrogens is 1. The molecule has 3 aromatic rings. The van der Waals surface area contributed by atoms with Crippen LogP contribution in [0.3, 0.4) is 0 Å². The molecule has 4 rings (SSSR count). The van der Waals surface area contributed by atoms with Gasteiger partial charge in [-0.15, -0.1) is 0 Å². The maximum absolute atomic E-state index is 12.9. The molecule has 1 aliphatic rings. The van der Waals surface area contributed by atoms with E-state index in [-0.39, 0.29) is 16.8 Å². The number of nitrogens with one attached hydrogen (secondary N) is 3. The van der Waals surface area contributed by atoms with Crippen LogP contribution < -0.4 is 10.6 Å². The van der Waals surface area contributed by atoms with Gasteiger partial charge >= 0.3 is 6.18 Å². The highest BCUT2D eigenvalue weighted by molar-refractivity contribution is 6.32. The van der Waals surface area contributed by atoms with Crippen LogP contribution in [-0.4, -0.2) is 33.7 Å². The number of alkyl halides is 3. The minimum atomic E-state index is -4.59. The quantitative estimate of drug-likeness (QED) is 0.407. The molecule has 0 unspecified atom stereocenters. The Kier molecular flexibility index (Phi) is 6.88. The lowest BCUT2D eigenvalue weighted by atomic mass is 9.86. The normalized spacial score (nSPS) is 18.7. The summed E-state index contributed by atoms with van der Waals surface area (Å²) >= 11 is 5.87. The molecule has 0 atom stereocenters. The van der Waals surface area contributed by atoms with Gasteiger partial charge in [0.25, 0.3) is 5.91 Å². The van der Waals surface area contributed by atoms with Crippen LogP contribution in [0, 0.1) is 5.92 Å². The van der Waals surface area contributed by atoms with Gasteiger partial charge in [-0.3, -0.25) is 9.89 Å². The van der Waals surface area contributed by atoms with E-state index in [0.717, 1.165) is 55.2 Å². The van der Waals surface area contributed by atoms with E-state index < -0.39 is 17.6 Å². The first-order chi connectivity index (χ1) is 15.8. The van der Waals surface area contributed by atoms with Crippen LogP contribution in [0.1, 0.15) is 41.6 Å². The highest BCUT2D eigenvalue weighted by Gasteiger charge is 2.33. The summed E-state index contributed by atoms with van der Waals surface area (Å²) in [6, 6.07) is 10.6. The van der Waals surface area contributed by atoms with Crippen molar-refractivity contribution >= 4 is 23.3 Å². The minimum absolute atomic E-state index is 0.121. The average Bonchev–Trinajstić information content (AvgIpc) is 3.27. The summed E-state index contributed by atoms with van der Waals surface area (Å²) in [6.45, 7) is 0.745. The predicted octanol–water partition coefficient (Wildman–Crippen LogP) is 5.54. The van der Waals surface area contributed by atoms with E-state index in [1.54, 1.807) is 0 Å². The molecule has 1 saturated carbocycles. The van der Waals surface area contributed by atoms with Crippen molar-refractivity contribution in [2.75, 3.05) is 11.9 Å². The van der Waals surface area contributed by atoms with Crippen LogP contribution in [0.4, 0.5) is 19.0 Å². The highest BCUT2D eigenvalue weighted by atomic mass is 35.5. The van der Waals surface area contributed by atoms with Gasteiger partial charge in [0.15, 0.2) is 5.82 Å². The fourth-order valence-corrected chi connectivity index (χ4v) is 4.23. The van der Waals surface area contributed by atoms with Crippen LogP contribution in [0.25, 0.3) is 11.1 Å². The first-order valence-corrected chi connectivity index (χ1v) is 11.1. The van der Waals surface area contributed by atoms with E-state index in [9.17, 15) is 18.0 Å². The molecule has 6 nitrogen and oxygen atoms in total. The molecule has 2 aromatic heterocycles. The number of benzene rings is 1. The zero-order valence-electron chi connectivity index (χ0n) is 17.6. The molecule has 174 valence electrons. The molecule has 3 N–H and O–H groups in total. The van der Waals surface area contributed by atoms with E-state index >= 15 is 0 Å². The predicted molar refractivity (Wildman–Crippen MR) is 120 cm³/mol. The number of carbonyl (C=O) groups is 1. The van der Waals surface area contributed by atoms with E-state index in [0.29, 0.717) is 12.1 Å². The number of carbonyl (C=O) groups excluding carboxylic acids is 1. The van der Waals surface area contributed by atoms with Gasteiger partial charge in [-0.05, 0) is 43.2 Å². The summed E-state index contributed by atoms with van der Waals surface area (Å²) in [5.41, 5.74) is 0.813. The van der Waals surface area contributed by atoms with Crippen molar-refractivity contribution in [3.05, 3.63) is 65.1 Å². The number of pyridine rings is 1. The van der Waals surface area contributed by atoms with Crippen LogP contribution in [0.5, 0.6) is 0 Å². The van der Waals surface area contributed by atoms with Crippen molar-refractivity contribution < 1.29 is 18.0 Å². The summed E-state index contributed by atoms with van der Waals surface area (Å²) in [6.07, 6.45) is 1.10. The zero-order valence-corrected chi connectivity index (χ0v) is 18.4. The Bertz CT molecular complexity index is 1090. The van der Waals surface area contributed by atoms with E-state index in [2.05, 4.69) is 25.8 Å². The standard InChI is InChI=1S/C23H23ClF3N5O/c24-20-18(10-16(12-28-20)23(25,26)27)22(33)31-17-8-6-14(7-9-17)11-29-21-19(13-30-32-21)15-4-2-1-3-5-15/h1-5,10,12-14,17H,6-9,11H2,(H,31,33)(H2,29,30,32)/t14-,17-. The zero-order chi connectivity index (χ0) is 23.4. The van der Waals surface area contributed by atoms with Crippen LogP contribution in [-0.2, 0) is 6.18 Å². The lowest BCUT2D eigenvalue weighted by Crippen LogP contribution is -2.38. The minimum Gasteiger partial charge on any atom is -0.368 e. The fourth-order valence-electron chi connectivity index (χ4n) is 4.04. The van der Waals surface area contributed by atoms with Crippen LogP contribution in [0.15, 0.2) is 48.8 Å². The fraction of sp³-hybridized carbons (Fsp3) is 0.348. The number of nitrogens with zero attached hydrogens (tertiary/aromatic N) is 2. The second-order valence-electron chi connectivity index (χ2n) is 8.15. The SMILES string of the molecule is O=C(N[C@H]1CC[C@H](CNc2n[nH]cc2-c2ccccc2)CC1)c1cc(C(F)(F)F)cnc1Cl. The molecule has 1 amide bonds. The van der Waals surface area contributed by atoms with Gasteiger partial charge in [0.1, 0.15) is 5.15 Å². The van der Waals surface area contributed by atoms with Crippen LogP contribution >= 0.6 is 11.6 Å². The van der Waals surface area contributed by atoms with Gasteiger partial charge in [-0.2, -0.15) is 18.3 Å². The third-order valence-corrected chi connectivity index (χ3v) is 6.18. The second kappa shape index (κ2) is 9.82. The number of rotatable bonds is 6. The summed E-state index contributed by atoms with van der Waals surface area (Å²) in [5.74, 6) is 0.560. The average molecular weight is 478 g/mol. The lowest BCUT2D eigenvalue weighted by molar-refractivity contribution is -0.137. The number of aromatic nitrogens is 3. The first-order valence-electron chi connectivity index (χ1n) is 10.7. The van der Waals surface area contributed by atoms with E-state index in [1.165, 1.54) is 0 Å². The highest BCUT2D eigenvalue weighted by Crippen LogP contribution is 2.31. The number of amides is 1. The Morgan fingerprint density at radius 2 is 1.88 bits per heavy atom. The molecule has 1 aromatic carbocycles. The molecule has 1 aliphatic carbocycles. The van der Waals surface area contributed by atoms with Crippen molar-refractivity contribution in [2.24, 2.45) is 5.92 Å². The van der Waals surface area contributed by atoms with Crippen molar-refractivity contribution in [2.45, 2.75) is 37.9 Å². The Morgan fingerprint density at radius 1 is 1.15 bits per heavy atom. The van der Waals surface area contributed by atoms with Gasteiger partial charge in [-0.25, -0.2) is 4.98 Å². The third-order valence-electron chi connectivity index (χ3n) is 5.88. The Labute approximate surface area is 194 Å². The smallest absolute Gasteiger partial charge is 0.368 e. The molecule has 0 spiro atoms. The molecule has 33 heavy (non-hydrogen) atoms. The van der Waals surface area contributed by atoms with Gasteiger partial charge in [0.05, 0.1) is 11.1 Å². The van der Waals surface area contributed by atoms with Gasteiger partial charge < -0.3 is 10.6 Å². The summed E-state index contributed by atoms with van der Waals surface area (Å²) in [7, 11) is 0. The maximum atomic E-state index is 12.9. The van der Waals surface area contributed by atoms with Gasteiger partial charge in [-0.1, -0.05) is 41.9 Å². The number of hydrogen-bond acceptors (Lipinski definition) is 4. The van der Waals surface area contributed by atoms with Crippen molar-refractivity contribution in [1.82, 2.24) is 20.5 Å². The molecule has 0 saturated heterocycles. The molecular formula is C23H23ClF3N5O.